The van der Waals surface area contributed by atoms with Crippen molar-refractivity contribution in [1.29, 1.82) is 0 Å². The van der Waals surface area contributed by atoms with Gasteiger partial charge in [0, 0.05) is 25.2 Å². The molecule has 0 aromatic heterocycles. The number of ether oxygens (including phenoxy) is 1. The fourth-order valence-corrected chi connectivity index (χ4v) is 6.07. The molecular weight excluding hydrogens is 408 g/mol. The largest absolute Gasteiger partial charge is 0.493 e. The normalized spacial score (nSPS) is 24.1. The number of rotatable bonds is 5. The summed E-state index contributed by atoms with van der Waals surface area (Å²) in [6.45, 7) is 3.83. The van der Waals surface area contributed by atoms with E-state index in [1.54, 1.807) is 0 Å². The Labute approximate surface area is 195 Å². The molecule has 0 spiro atoms. The molecule has 33 heavy (non-hydrogen) atoms. The van der Waals surface area contributed by atoms with Gasteiger partial charge in [-0.15, -0.1) is 0 Å². The summed E-state index contributed by atoms with van der Waals surface area (Å²) < 4.78 is 5.65. The highest BCUT2D eigenvalue weighted by Gasteiger charge is 2.51. The van der Waals surface area contributed by atoms with Crippen LogP contribution in [0.3, 0.4) is 0 Å². The topological polar surface area (TPSA) is 41.6 Å². The number of anilines is 1. The van der Waals surface area contributed by atoms with Gasteiger partial charge in [-0.05, 0) is 66.1 Å². The SMILES string of the molecule is O=C1Nc2ccccc2CC1(c1ccccc1)[C@@H]1CCN(CCc2ccc3c(c2)CCO3)C1. The van der Waals surface area contributed by atoms with Gasteiger partial charge in [0.1, 0.15) is 5.75 Å². The highest BCUT2D eigenvalue weighted by atomic mass is 16.5. The lowest BCUT2D eigenvalue weighted by molar-refractivity contribution is -0.124. The number of hydrogen-bond acceptors (Lipinski definition) is 3. The minimum Gasteiger partial charge on any atom is -0.493 e. The molecule has 3 aromatic rings. The van der Waals surface area contributed by atoms with Gasteiger partial charge < -0.3 is 15.0 Å². The standard InChI is InChI=1S/C29H30N2O2/c32-28-29(24-7-2-1-3-8-24,19-23-6-4-5-9-26(23)30-28)25-13-16-31(20-25)15-12-21-10-11-27-22(18-21)14-17-33-27/h1-11,18,25H,12-17,19-20H2,(H,30,32)/t25-,29?/m1/s1. The maximum absolute atomic E-state index is 13.7. The van der Waals surface area contributed by atoms with Crippen molar-refractivity contribution >= 4 is 11.6 Å². The van der Waals surface area contributed by atoms with Crippen LogP contribution in [0.2, 0.25) is 0 Å². The third kappa shape index (κ3) is 3.63. The molecule has 1 N–H and O–H groups in total. The van der Waals surface area contributed by atoms with Crippen LogP contribution < -0.4 is 10.1 Å². The Morgan fingerprint density at radius 2 is 1.85 bits per heavy atom. The number of benzene rings is 3. The second-order valence-corrected chi connectivity index (χ2v) is 9.70. The van der Waals surface area contributed by atoms with Gasteiger partial charge in [-0.3, -0.25) is 4.79 Å². The minimum atomic E-state index is -0.519. The van der Waals surface area contributed by atoms with Crippen LogP contribution in [0.25, 0.3) is 0 Å². The Morgan fingerprint density at radius 1 is 1.00 bits per heavy atom. The molecule has 1 saturated heterocycles. The lowest BCUT2D eigenvalue weighted by Gasteiger charge is -2.42. The van der Waals surface area contributed by atoms with Crippen LogP contribution in [0.4, 0.5) is 5.69 Å². The molecule has 6 rings (SSSR count). The fourth-order valence-electron chi connectivity index (χ4n) is 6.07. The van der Waals surface area contributed by atoms with Gasteiger partial charge in [-0.2, -0.15) is 0 Å². The van der Waals surface area contributed by atoms with Crippen molar-refractivity contribution in [1.82, 2.24) is 4.90 Å². The molecule has 4 heteroatoms. The van der Waals surface area contributed by atoms with Gasteiger partial charge >= 0.3 is 0 Å². The Morgan fingerprint density at radius 3 is 2.76 bits per heavy atom. The molecule has 3 aromatic carbocycles. The number of para-hydroxylation sites is 1. The molecule has 2 atom stereocenters. The number of hydrogen-bond donors (Lipinski definition) is 1. The third-order valence-corrected chi connectivity index (χ3v) is 7.87. The first kappa shape index (κ1) is 20.5. The van der Waals surface area contributed by atoms with E-state index in [1.807, 2.05) is 18.2 Å². The average Bonchev–Trinajstić information content (AvgIpc) is 3.52. The first-order valence-corrected chi connectivity index (χ1v) is 12.1. The van der Waals surface area contributed by atoms with Crippen LogP contribution in [-0.2, 0) is 29.5 Å². The Hall–Kier alpha value is -3.11. The summed E-state index contributed by atoms with van der Waals surface area (Å²) in [6.07, 6.45) is 3.86. The van der Waals surface area contributed by atoms with Gasteiger partial charge in [0.05, 0.1) is 12.0 Å². The number of carbonyl (C=O) groups excluding carboxylic acids is 1. The van der Waals surface area contributed by atoms with Crippen LogP contribution in [-0.4, -0.2) is 37.0 Å². The Bertz CT molecular complexity index is 1180. The molecule has 168 valence electrons. The zero-order valence-electron chi connectivity index (χ0n) is 18.9. The first-order chi connectivity index (χ1) is 16.2. The number of nitrogens with zero attached hydrogens (tertiary/aromatic N) is 1. The van der Waals surface area contributed by atoms with E-state index in [9.17, 15) is 4.79 Å². The van der Waals surface area contributed by atoms with Crippen molar-refractivity contribution in [3.05, 3.63) is 95.1 Å². The van der Waals surface area contributed by atoms with Gasteiger partial charge in [-0.1, -0.05) is 60.7 Å². The average molecular weight is 439 g/mol. The van der Waals surface area contributed by atoms with Crippen LogP contribution in [0, 0.1) is 5.92 Å². The maximum atomic E-state index is 13.7. The molecule has 3 aliphatic heterocycles. The van der Waals surface area contributed by atoms with E-state index < -0.39 is 5.41 Å². The van der Waals surface area contributed by atoms with Crippen LogP contribution >= 0.6 is 0 Å². The van der Waals surface area contributed by atoms with Crippen molar-refractivity contribution in [2.24, 2.45) is 5.92 Å². The molecule has 1 fully saturated rings. The molecule has 0 bridgehead atoms. The van der Waals surface area contributed by atoms with Crippen molar-refractivity contribution in [2.75, 3.05) is 31.6 Å². The van der Waals surface area contributed by atoms with Crippen LogP contribution in [0.15, 0.2) is 72.8 Å². The predicted octanol–water partition coefficient (Wildman–Crippen LogP) is 4.62. The zero-order valence-corrected chi connectivity index (χ0v) is 18.9. The summed E-state index contributed by atoms with van der Waals surface area (Å²) in [6, 6.07) is 25.3. The van der Waals surface area contributed by atoms with E-state index in [1.165, 1.54) is 16.7 Å². The molecule has 3 heterocycles. The van der Waals surface area contributed by atoms with E-state index in [-0.39, 0.29) is 5.91 Å². The van der Waals surface area contributed by atoms with E-state index in [4.69, 9.17) is 4.74 Å². The smallest absolute Gasteiger partial charge is 0.235 e. The second kappa shape index (κ2) is 8.35. The predicted molar refractivity (Wildman–Crippen MR) is 131 cm³/mol. The number of likely N-dealkylation sites (tertiary alicyclic amines) is 1. The van der Waals surface area contributed by atoms with Crippen molar-refractivity contribution in [3.63, 3.8) is 0 Å². The summed E-state index contributed by atoms with van der Waals surface area (Å²) in [5.41, 5.74) is 5.54. The third-order valence-electron chi connectivity index (χ3n) is 7.87. The highest BCUT2D eigenvalue weighted by molar-refractivity contribution is 6.02. The number of nitrogens with one attached hydrogen (secondary N) is 1. The molecule has 1 unspecified atom stereocenters. The van der Waals surface area contributed by atoms with Gasteiger partial charge in [0.2, 0.25) is 5.91 Å². The molecule has 0 aliphatic carbocycles. The van der Waals surface area contributed by atoms with Gasteiger partial charge in [0.15, 0.2) is 0 Å². The lowest BCUT2D eigenvalue weighted by Crippen LogP contribution is -2.51. The quantitative estimate of drug-likeness (QED) is 0.632. The number of amides is 1. The Kier molecular flexibility index (Phi) is 5.18. The maximum Gasteiger partial charge on any atom is 0.235 e. The van der Waals surface area contributed by atoms with Crippen molar-refractivity contribution in [2.45, 2.75) is 31.1 Å². The highest BCUT2D eigenvalue weighted by Crippen LogP contribution is 2.45. The molecule has 4 nitrogen and oxygen atoms in total. The summed E-state index contributed by atoms with van der Waals surface area (Å²) in [5.74, 6) is 1.49. The summed E-state index contributed by atoms with van der Waals surface area (Å²) in [5, 5.41) is 3.25. The lowest BCUT2D eigenvalue weighted by atomic mass is 9.64. The molecule has 3 aliphatic rings. The zero-order chi connectivity index (χ0) is 22.3. The van der Waals surface area contributed by atoms with Gasteiger partial charge in [-0.25, -0.2) is 0 Å². The first-order valence-electron chi connectivity index (χ1n) is 12.1. The van der Waals surface area contributed by atoms with E-state index in [0.29, 0.717) is 5.92 Å². The van der Waals surface area contributed by atoms with Crippen molar-refractivity contribution in [3.8, 4) is 5.75 Å². The van der Waals surface area contributed by atoms with Crippen LogP contribution in [0.1, 0.15) is 28.7 Å². The van der Waals surface area contributed by atoms with Gasteiger partial charge in [0.25, 0.3) is 0 Å². The van der Waals surface area contributed by atoms with Crippen LogP contribution in [0.5, 0.6) is 5.75 Å². The fraction of sp³-hybridized carbons (Fsp3) is 0.345. The molecule has 0 radical (unpaired) electrons. The van der Waals surface area contributed by atoms with Crippen molar-refractivity contribution < 1.29 is 9.53 Å². The summed E-state index contributed by atoms with van der Waals surface area (Å²) in [7, 11) is 0. The monoisotopic (exact) mass is 438 g/mol. The molecule has 1 amide bonds. The van der Waals surface area contributed by atoms with E-state index in [0.717, 1.165) is 68.9 Å². The minimum absolute atomic E-state index is 0.151. The molecule has 0 saturated carbocycles. The Balaban J connectivity index is 1.23. The molecular formula is C29H30N2O2. The van der Waals surface area contributed by atoms with E-state index in [2.05, 4.69) is 64.8 Å². The van der Waals surface area contributed by atoms with E-state index >= 15 is 0 Å². The number of fused-ring (bicyclic) bond motifs is 2. The summed E-state index contributed by atoms with van der Waals surface area (Å²) in [4.78, 5) is 16.3. The number of carbonyl (C=O) groups is 1. The summed E-state index contributed by atoms with van der Waals surface area (Å²) >= 11 is 0. The second-order valence-electron chi connectivity index (χ2n) is 9.70.